The number of nitrogens with one attached hydrogen (secondary N) is 1. The summed E-state index contributed by atoms with van der Waals surface area (Å²) in [5.41, 5.74) is 3.47. The van der Waals surface area contributed by atoms with Crippen molar-refractivity contribution < 1.29 is 13.9 Å². The quantitative estimate of drug-likeness (QED) is 0.620. The summed E-state index contributed by atoms with van der Waals surface area (Å²) < 4.78 is 24.6. The van der Waals surface area contributed by atoms with Crippen molar-refractivity contribution in [2.75, 3.05) is 25.3 Å². The Hall–Kier alpha value is -2.06. The number of ether oxygens (including phenoxy) is 2. The maximum absolute atomic E-state index is 13.7. The lowest BCUT2D eigenvalue weighted by molar-refractivity contribution is 0.172. The summed E-state index contributed by atoms with van der Waals surface area (Å²) in [6, 6.07) is 5.45. The molecule has 1 aromatic carbocycles. The Morgan fingerprint density at radius 2 is 2.26 bits per heavy atom. The largest absolute Gasteiger partial charge is 0.493 e. The number of methoxy groups -OCH3 is 1. The Morgan fingerprint density at radius 1 is 1.35 bits per heavy atom. The molecule has 1 N–H and O–H groups in total. The van der Waals surface area contributed by atoms with Gasteiger partial charge in [0.15, 0.2) is 0 Å². The molecule has 23 heavy (non-hydrogen) atoms. The van der Waals surface area contributed by atoms with Crippen molar-refractivity contribution >= 4 is 23.0 Å². The third-order valence-electron chi connectivity index (χ3n) is 3.25. The van der Waals surface area contributed by atoms with Gasteiger partial charge in [-0.15, -0.1) is 0 Å². The molecular formula is C15H16FN4O2S. The van der Waals surface area contributed by atoms with Crippen LogP contribution in [0.1, 0.15) is 6.42 Å². The third kappa shape index (κ3) is 3.65. The third-order valence-corrected chi connectivity index (χ3v) is 3.82. The lowest BCUT2D eigenvalue weighted by atomic mass is 10.1. The van der Waals surface area contributed by atoms with Gasteiger partial charge < -0.3 is 9.47 Å². The lowest BCUT2D eigenvalue weighted by Crippen LogP contribution is -2.12. The number of thioether (sulfide) groups is 1. The molecule has 0 saturated heterocycles. The van der Waals surface area contributed by atoms with E-state index in [0.29, 0.717) is 24.7 Å². The van der Waals surface area contributed by atoms with Crippen molar-refractivity contribution in [3.63, 3.8) is 0 Å². The first-order valence-corrected chi connectivity index (χ1v) is 7.94. The highest BCUT2D eigenvalue weighted by molar-refractivity contribution is 8.14. The molecule has 2 heterocycles. The van der Waals surface area contributed by atoms with Gasteiger partial charge in [0.1, 0.15) is 5.75 Å². The Labute approximate surface area is 137 Å². The van der Waals surface area contributed by atoms with E-state index in [1.165, 1.54) is 10.6 Å². The van der Waals surface area contributed by atoms with Crippen LogP contribution in [0.3, 0.4) is 0 Å². The van der Waals surface area contributed by atoms with Crippen LogP contribution in [0.15, 0.2) is 35.7 Å². The van der Waals surface area contributed by atoms with Crippen molar-refractivity contribution in [1.82, 2.24) is 10.2 Å². The molecule has 0 fully saturated rings. The molecule has 121 valence electrons. The van der Waals surface area contributed by atoms with Gasteiger partial charge in [0, 0.05) is 43.5 Å². The fourth-order valence-electron chi connectivity index (χ4n) is 2.16. The van der Waals surface area contributed by atoms with Crippen LogP contribution in [0.4, 0.5) is 10.1 Å². The van der Waals surface area contributed by atoms with E-state index in [2.05, 4.69) is 15.3 Å². The first kappa shape index (κ1) is 15.8. The zero-order chi connectivity index (χ0) is 16.1. The molecular weight excluding hydrogens is 319 g/mol. The predicted octanol–water partition coefficient (Wildman–Crippen LogP) is 3.40. The highest BCUT2D eigenvalue weighted by atomic mass is 32.2. The summed E-state index contributed by atoms with van der Waals surface area (Å²) in [5, 5.41) is 12.0. The van der Waals surface area contributed by atoms with Crippen LogP contribution in [-0.4, -0.2) is 36.1 Å². The summed E-state index contributed by atoms with van der Waals surface area (Å²) in [6.07, 6.45) is 4.27. The van der Waals surface area contributed by atoms with Crippen molar-refractivity contribution in [2.45, 2.75) is 6.42 Å². The second-order valence-corrected chi connectivity index (χ2v) is 5.55. The van der Waals surface area contributed by atoms with Crippen molar-refractivity contribution in [2.24, 2.45) is 5.10 Å². The minimum absolute atomic E-state index is 0.383. The molecule has 0 atom stereocenters. The minimum Gasteiger partial charge on any atom is -0.493 e. The van der Waals surface area contributed by atoms with E-state index >= 15 is 0 Å². The molecule has 1 aromatic heterocycles. The number of anilines is 1. The van der Waals surface area contributed by atoms with E-state index in [4.69, 9.17) is 9.47 Å². The fraction of sp³-hybridized carbons (Fsp3) is 0.267. The second kappa shape index (κ2) is 7.47. The molecule has 0 bridgehead atoms. The number of nitrogens with zero attached hydrogens (tertiary/aromatic N) is 3. The number of halogens is 1. The number of benzene rings is 1. The molecule has 0 spiro atoms. The molecule has 8 heteroatoms. The first-order valence-electron chi connectivity index (χ1n) is 7.06. The van der Waals surface area contributed by atoms with Gasteiger partial charge in [0.05, 0.1) is 24.0 Å². The summed E-state index contributed by atoms with van der Waals surface area (Å²) in [6.45, 7) is 1.13. The zero-order valence-electron chi connectivity index (χ0n) is 12.5. The van der Waals surface area contributed by atoms with E-state index in [1.807, 2.05) is 6.07 Å². The van der Waals surface area contributed by atoms with E-state index in [0.717, 1.165) is 29.3 Å². The standard InChI is InChI=1S/C15H16FN4O2S/c1-21-5-2-6-22-14-7-12(20-15(16)23-10-19-20)3-4-13(14)11-8-17-18-9-11/h3-4,7-10H,2,5-6H2,1H3,(H,17,18). The average Bonchev–Trinajstić information content (AvgIpc) is 3.23. The van der Waals surface area contributed by atoms with Gasteiger partial charge in [-0.25, -0.2) is 5.01 Å². The van der Waals surface area contributed by atoms with Crippen LogP contribution in [-0.2, 0) is 4.74 Å². The Kier molecular flexibility index (Phi) is 5.14. The number of hydrogen-bond donors (Lipinski definition) is 1. The second-order valence-electron chi connectivity index (χ2n) is 4.77. The molecule has 1 radical (unpaired) electrons. The molecule has 1 aliphatic rings. The summed E-state index contributed by atoms with van der Waals surface area (Å²) >= 11 is 0.944. The van der Waals surface area contributed by atoms with Gasteiger partial charge in [-0.05, 0) is 23.9 Å². The van der Waals surface area contributed by atoms with Crippen molar-refractivity contribution in [3.8, 4) is 16.9 Å². The van der Waals surface area contributed by atoms with Gasteiger partial charge in [-0.3, -0.25) is 5.10 Å². The number of hydrazone groups is 1. The van der Waals surface area contributed by atoms with Crippen molar-refractivity contribution in [1.29, 1.82) is 0 Å². The topological polar surface area (TPSA) is 62.7 Å². The monoisotopic (exact) mass is 335 g/mol. The molecule has 0 saturated carbocycles. The van der Waals surface area contributed by atoms with Crippen LogP contribution in [0, 0.1) is 5.63 Å². The van der Waals surface area contributed by atoms with Crippen molar-refractivity contribution in [3.05, 3.63) is 36.2 Å². The molecule has 0 unspecified atom stereocenters. The minimum atomic E-state index is -0.383. The van der Waals surface area contributed by atoms with Crippen LogP contribution in [0.25, 0.3) is 11.1 Å². The Bertz CT molecular complexity index is 666. The Balaban J connectivity index is 1.85. The number of aromatic nitrogens is 2. The van der Waals surface area contributed by atoms with E-state index in [1.54, 1.807) is 31.6 Å². The maximum Gasteiger partial charge on any atom is 0.319 e. The normalized spacial score (nSPS) is 14.6. The number of rotatable bonds is 7. The molecule has 2 aromatic rings. The lowest BCUT2D eigenvalue weighted by Gasteiger charge is -2.18. The van der Waals surface area contributed by atoms with Crippen LogP contribution in [0.5, 0.6) is 5.75 Å². The first-order chi connectivity index (χ1) is 11.3. The fourth-order valence-corrected chi connectivity index (χ4v) is 2.64. The summed E-state index contributed by atoms with van der Waals surface area (Å²) in [5.74, 6) is 0.653. The van der Waals surface area contributed by atoms with Crippen LogP contribution >= 0.6 is 11.8 Å². The van der Waals surface area contributed by atoms with Gasteiger partial charge in [-0.2, -0.15) is 14.6 Å². The zero-order valence-corrected chi connectivity index (χ0v) is 13.3. The van der Waals surface area contributed by atoms with Gasteiger partial charge in [0.2, 0.25) is 0 Å². The van der Waals surface area contributed by atoms with Crippen LogP contribution < -0.4 is 9.75 Å². The number of H-pyrrole nitrogens is 1. The van der Waals surface area contributed by atoms with E-state index in [9.17, 15) is 4.39 Å². The van der Waals surface area contributed by atoms with Gasteiger partial charge >= 0.3 is 5.63 Å². The van der Waals surface area contributed by atoms with Crippen LogP contribution in [0.2, 0.25) is 0 Å². The smallest absolute Gasteiger partial charge is 0.319 e. The molecule has 6 nitrogen and oxygen atoms in total. The molecule has 0 aliphatic carbocycles. The van der Waals surface area contributed by atoms with E-state index in [-0.39, 0.29) is 5.63 Å². The predicted molar refractivity (Wildman–Crippen MR) is 88.9 cm³/mol. The summed E-state index contributed by atoms with van der Waals surface area (Å²) in [7, 11) is 1.65. The molecule has 0 amide bonds. The maximum atomic E-state index is 13.7. The summed E-state index contributed by atoms with van der Waals surface area (Å²) in [4.78, 5) is 0. The Morgan fingerprint density at radius 3 is 2.96 bits per heavy atom. The highest BCUT2D eigenvalue weighted by Gasteiger charge is 2.25. The van der Waals surface area contributed by atoms with E-state index < -0.39 is 0 Å². The highest BCUT2D eigenvalue weighted by Crippen LogP contribution is 2.39. The molecule has 1 aliphatic heterocycles. The number of hydrogen-bond acceptors (Lipinski definition) is 6. The van der Waals surface area contributed by atoms with Gasteiger partial charge in [0.25, 0.3) is 0 Å². The SMILES string of the molecule is COCCCOc1cc(N2N=CS[C]2F)ccc1-c1cn[nH]c1. The van der Waals surface area contributed by atoms with Gasteiger partial charge in [-0.1, -0.05) is 0 Å². The number of aromatic amines is 1. The molecule has 3 rings (SSSR count). The average molecular weight is 335 g/mol.